The van der Waals surface area contributed by atoms with Gasteiger partial charge in [-0.15, -0.1) is 0 Å². The van der Waals surface area contributed by atoms with Crippen LogP contribution in [0.25, 0.3) is 6.08 Å². The third kappa shape index (κ3) is 3.39. The highest BCUT2D eigenvalue weighted by Gasteiger charge is 2.33. The number of halogens is 2. The van der Waals surface area contributed by atoms with Crippen molar-refractivity contribution < 1.29 is 9.82 Å². The summed E-state index contributed by atoms with van der Waals surface area (Å²) in [5, 5.41) is 12.3. The van der Waals surface area contributed by atoms with E-state index in [4.69, 9.17) is 23.2 Å². The van der Waals surface area contributed by atoms with Crippen LogP contribution in [0.15, 0.2) is 48.7 Å². The van der Waals surface area contributed by atoms with E-state index < -0.39 is 0 Å². The van der Waals surface area contributed by atoms with Crippen LogP contribution in [0, 0.1) is 10.1 Å². The van der Waals surface area contributed by atoms with Crippen LogP contribution < -0.4 is 4.90 Å². The lowest BCUT2D eigenvalue weighted by Gasteiger charge is -2.28. The Hall–Kier alpha value is -1.88. The average Bonchev–Trinajstić information content (AvgIpc) is 2.52. The maximum atomic E-state index is 11.1. The Morgan fingerprint density at radius 3 is 2.48 bits per heavy atom. The van der Waals surface area contributed by atoms with E-state index in [1.807, 2.05) is 36.5 Å². The van der Waals surface area contributed by atoms with Crippen LogP contribution in [0.3, 0.4) is 0 Å². The Bertz CT molecular complexity index is 757. The molecule has 6 heteroatoms. The standard InChI is InChI=1S/C17H14Cl2N2O2/c18-15-6-3-7-16(19)14(15)10-20-9-8-12-4-1-2-5-13(12)17(20)11-21(22)23/h1-9,17H,10-11H2/p+1. The fourth-order valence-corrected chi connectivity index (χ4v) is 3.48. The number of nitro groups is 1. The molecule has 2 unspecified atom stereocenters. The molecule has 0 amide bonds. The first-order valence-corrected chi connectivity index (χ1v) is 7.99. The van der Waals surface area contributed by atoms with E-state index in [1.54, 1.807) is 18.2 Å². The molecule has 0 fully saturated rings. The molecule has 3 rings (SSSR count). The lowest BCUT2D eigenvalue weighted by molar-refractivity contribution is -0.903. The molecule has 1 aliphatic rings. The SMILES string of the molecule is O=[N+]([O-])CC1c2ccccc2C=C[NH+]1Cc1c(Cl)cccc1Cl. The molecule has 1 heterocycles. The third-order valence-corrected chi connectivity index (χ3v) is 4.78. The molecule has 0 aliphatic carbocycles. The van der Waals surface area contributed by atoms with Gasteiger partial charge in [0.05, 0.1) is 16.2 Å². The third-order valence-electron chi connectivity index (χ3n) is 4.07. The van der Waals surface area contributed by atoms with Gasteiger partial charge in [-0.3, -0.25) is 15.0 Å². The summed E-state index contributed by atoms with van der Waals surface area (Å²) in [5.74, 6) is 0. The molecule has 2 aromatic rings. The molecule has 1 aliphatic heterocycles. The van der Waals surface area contributed by atoms with Crippen molar-refractivity contribution in [2.75, 3.05) is 6.54 Å². The summed E-state index contributed by atoms with van der Waals surface area (Å²) >= 11 is 12.5. The van der Waals surface area contributed by atoms with Crippen LogP contribution in [0.2, 0.25) is 10.0 Å². The monoisotopic (exact) mass is 349 g/mol. The molecule has 0 bridgehead atoms. The summed E-state index contributed by atoms with van der Waals surface area (Å²) in [6.07, 6.45) is 3.95. The molecule has 0 aromatic heterocycles. The number of benzene rings is 2. The van der Waals surface area contributed by atoms with Crippen molar-refractivity contribution in [1.82, 2.24) is 0 Å². The van der Waals surface area contributed by atoms with E-state index in [-0.39, 0.29) is 17.5 Å². The molecule has 23 heavy (non-hydrogen) atoms. The Kier molecular flexibility index (Phi) is 4.66. The predicted octanol–water partition coefficient (Wildman–Crippen LogP) is 3.38. The molecule has 0 saturated carbocycles. The molecule has 2 atom stereocenters. The lowest BCUT2D eigenvalue weighted by Crippen LogP contribution is -3.07. The first-order chi connectivity index (χ1) is 11.1. The summed E-state index contributed by atoms with van der Waals surface area (Å²) in [5.41, 5.74) is 2.81. The maximum absolute atomic E-state index is 11.1. The van der Waals surface area contributed by atoms with Gasteiger partial charge in [-0.25, -0.2) is 0 Å². The fraction of sp³-hybridized carbons (Fsp3) is 0.176. The van der Waals surface area contributed by atoms with Crippen LogP contribution in [0.5, 0.6) is 0 Å². The van der Waals surface area contributed by atoms with Gasteiger partial charge < -0.3 is 0 Å². The summed E-state index contributed by atoms with van der Waals surface area (Å²) in [7, 11) is 0. The Labute approximate surface area is 144 Å². The number of nitrogens with one attached hydrogen (secondary N) is 1. The van der Waals surface area contributed by atoms with Gasteiger partial charge in [-0.2, -0.15) is 0 Å². The quantitative estimate of drug-likeness (QED) is 0.679. The normalized spacial score (nSPS) is 19.4. The summed E-state index contributed by atoms with van der Waals surface area (Å²) in [4.78, 5) is 11.8. The van der Waals surface area contributed by atoms with Gasteiger partial charge in [0.15, 0.2) is 6.04 Å². The molecule has 1 N–H and O–H groups in total. The second-order valence-electron chi connectivity index (χ2n) is 5.48. The van der Waals surface area contributed by atoms with Crippen molar-refractivity contribution in [1.29, 1.82) is 0 Å². The largest absolute Gasteiger partial charge is 0.293 e. The van der Waals surface area contributed by atoms with Crippen molar-refractivity contribution in [2.24, 2.45) is 0 Å². The van der Waals surface area contributed by atoms with Gasteiger partial charge in [0.25, 0.3) is 6.54 Å². The van der Waals surface area contributed by atoms with Crippen molar-refractivity contribution in [3.05, 3.63) is 85.5 Å². The molecular formula is C17H15Cl2N2O2+. The second-order valence-corrected chi connectivity index (χ2v) is 6.30. The minimum atomic E-state index is -0.269. The van der Waals surface area contributed by atoms with Crippen LogP contribution in [0.4, 0.5) is 0 Å². The summed E-state index contributed by atoms with van der Waals surface area (Å²) in [6, 6.07) is 12.9. The fourth-order valence-electron chi connectivity index (χ4n) is 2.94. The van der Waals surface area contributed by atoms with Crippen molar-refractivity contribution in [3.63, 3.8) is 0 Å². The Morgan fingerprint density at radius 1 is 1.09 bits per heavy atom. The highest BCUT2D eigenvalue weighted by atomic mass is 35.5. The highest BCUT2D eigenvalue weighted by Crippen LogP contribution is 2.25. The van der Waals surface area contributed by atoms with Crippen LogP contribution >= 0.6 is 23.2 Å². The molecule has 0 saturated heterocycles. The number of quaternary nitrogens is 1. The zero-order valence-electron chi connectivity index (χ0n) is 12.2. The summed E-state index contributed by atoms with van der Waals surface area (Å²) < 4.78 is 0. The van der Waals surface area contributed by atoms with E-state index in [0.717, 1.165) is 21.6 Å². The highest BCUT2D eigenvalue weighted by molar-refractivity contribution is 6.35. The van der Waals surface area contributed by atoms with Crippen molar-refractivity contribution in [2.45, 2.75) is 12.6 Å². The molecule has 0 spiro atoms. The minimum absolute atomic E-state index is 0.140. The smallest absolute Gasteiger partial charge is 0.259 e. The van der Waals surface area contributed by atoms with Gasteiger partial charge in [0.2, 0.25) is 0 Å². The molecule has 118 valence electrons. The van der Waals surface area contributed by atoms with Gasteiger partial charge in [0.1, 0.15) is 6.54 Å². The molecular weight excluding hydrogens is 335 g/mol. The Balaban J connectivity index is 1.96. The minimum Gasteiger partial charge on any atom is -0.293 e. The van der Waals surface area contributed by atoms with Crippen molar-refractivity contribution in [3.8, 4) is 0 Å². The first kappa shape index (κ1) is 16.0. The van der Waals surface area contributed by atoms with Crippen LogP contribution in [-0.4, -0.2) is 11.5 Å². The average molecular weight is 350 g/mol. The zero-order chi connectivity index (χ0) is 16.4. The second kappa shape index (κ2) is 6.71. The predicted molar refractivity (Wildman–Crippen MR) is 91.2 cm³/mol. The number of hydrogen-bond acceptors (Lipinski definition) is 2. The molecule has 2 aromatic carbocycles. The Morgan fingerprint density at radius 2 is 1.78 bits per heavy atom. The maximum Gasteiger partial charge on any atom is 0.259 e. The van der Waals surface area contributed by atoms with Crippen LogP contribution in [-0.2, 0) is 6.54 Å². The van der Waals surface area contributed by atoms with E-state index >= 15 is 0 Å². The van der Waals surface area contributed by atoms with Gasteiger partial charge in [0, 0.05) is 16.1 Å². The summed E-state index contributed by atoms with van der Waals surface area (Å²) in [6.45, 7) is 0.362. The number of hydrogen-bond donors (Lipinski definition) is 1. The van der Waals surface area contributed by atoms with Gasteiger partial charge in [-0.05, 0) is 23.8 Å². The number of fused-ring (bicyclic) bond motifs is 1. The van der Waals surface area contributed by atoms with E-state index in [2.05, 4.69) is 0 Å². The molecule has 0 radical (unpaired) electrons. The lowest BCUT2D eigenvalue weighted by atomic mass is 9.95. The van der Waals surface area contributed by atoms with Gasteiger partial charge in [-0.1, -0.05) is 53.5 Å². The van der Waals surface area contributed by atoms with Crippen LogP contribution in [0.1, 0.15) is 22.7 Å². The first-order valence-electron chi connectivity index (χ1n) is 7.23. The van der Waals surface area contributed by atoms with E-state index in [0.29, 0.717) is 16.6 Å². The van der Waals surface area contributed by atoms with E-state index in [1.165, 1.54) is 0 Å². The topological polar surface area (TPSA) is 47.6 Å². The van der Waals surface area contributed by atoms with E-state index in [9.17, 15) is 10.1 Å². The number of rotatable bonds is 4. The van der Waals surface area contributed by atoms with Gasteiger partial charge >= 0.3 is 0 Å². The number of nitrogens with zero attached hydrogens (tertiary/aromatic N) is 1. The zero-order valence-corrected chi connectivity index (χ0v) is 13.7. The van der Waals surface area contributed by atoms with Crippen molar-refractivity contribution >= 4 is 29.3 Å². The molecule has 4 nitrogen and oxygen atoms in total.